The van der Waals surface area contributed by atoms with Crippen molar-refractivity contribution >= 4 is 5.97 Å². The van der Waals surface area contributed by atoms with Gasteiger partial charge in [0, 0.05) is 18.6 Å². The second-order valence-electron chi connectivity index (χ2n) is 6.70. The van der Waals surface area contributed by atoms with Gasteiger partial charge in [-0.15, -0.1) is 0 Å². The van der Waals surface area contributed by atoms with Crippen LogP contribution in [0.5, 0.6) is 0 Å². The van der Waals surface area contributed by atoms with Gasteiger partial charge >= 0.3 is 5.97 Å². The first-order valence-corrected chi connectivity index (χ1v) is 7.67. The number of hydrogen-bond acceptors (Lipinski definition) is 3. The molecule has 2 rings (SSSR count). The summed E-state index contributed by atoms with van der Waals surface area (Å²) in [5.74, 6) is 0.0123. The Morgan fingerprint density at radius 2 is 2.05 bits per heavy atom. The lowest BCUT2D eigenvalue weighted by atomic mass is 9.90. The number of nitrogens with one attached hydrogen (secondary N) is 1. The van der Waals surface area contributed by atoms with E-state index in [0.29, 0.717) is 18.5 Å². The number of rotatable bonds is 6. The molecule has 1 heterocycles. The monoisotopic (exact) mass is 268 g/mol. The van der Waals surface area contributed by atoms with Crippen LogP contribution >= 0.6 is 0 Å². The van der Waals surface area contributed by atoms with Gasteiger partial charge in [0.05, 0.1) is 0 Å². The van der Waals surface area contributed by atoms with Crippen LogP contribution in [0.25, 0.3) is 0 Å². The predicted octanol–water partition coefficient (Wildman–Crippen LogP) is 2.09. The first-order valence-electron chi connectivity index (χ1n) is 7.67. The molecular formula is C15H28N2O2. The molecule has 4 nitrogen and oxygen atoms in total. The average molecular weight is 268 g/mol. The summed E-state index contributed by atoms with van der Waals surface area (Å²) in [6.45, 7) is 8.41. The molecule has 3 atom stereocenters. The summed E-state index contributed by atoms with van der Waals surface area (Å²) in [4.78, 5) is 14.0. The van der Waals surface area contributed by atoms with Crippen molar-refractivity contribution in [3.05, 3.63) is 0 Å². The molecule has 2 N–H and O–H groups in total. The molecule has 0 amide bonds. The fourth-order valence-corrected chi connectivity index (χ4v) is 3.02. The van der Waals surface area contributed by atoms with E-state index >= 15 is 0 Å². The lowest BCUT2D eigenvalue weighted by Gasteiger charge is -2.39. The molecule has 0 aromatic rings. The van der Waals surface area contributed by atoms with E-state index < -0.39 is 11.5 Å². The van der Waals surface area contributed by atoms with E-state index in [9.17, 15) is 9.90 Å². The number of piperidine rings is 1. The van der Waals surface area contributed by atoms with Crippen molar-refractivity contribution < 1.29 is 9.90 Å². The normalized spacial score (nSPS) is 31.9. The Morgan fingerprint density at radius 3 is 2.63 bits per heavy atom. The summed E-state index contributed by atoms with van der Waals surface area (Å²) in [7, 11) is 0. The zero-order valence-electron chi connectivity index (χ0n) is 12.5. The summed E-state index contributed by atoms with van der Waals surface area (Å²) in [6.07, 6.45) is 5.48. The van der Waals surface area contributed by atoms with Crippen LogP contribution in [0.3, 0.4) is 0 Å². The number of carbonyl (C=O) groups is 1. The van der Waals surface area contributed by atoms with E-state index in [0.717, 1.165) is 31.8 Å². The molecule has 0 radical (unpaired) electrons. The van der Waals surface area contributed by atoms with E-state index in [1.807, 2.05) is 6.92 Å². The summed E-state index contributed by atoms with van der Waals surface area (Å²) in [5, 5.41) is 12.8. The van der Waals surface area contributed by atoms with E-state index in [1.54, 1.807) is 0 Å². The van der Waals surface area contributed by atoms with Crippen molar-refractivity contribution in [3.8, 4) is 0 Å². The topological polar surface area (TPSA) is 52.6 Å². The third-order valence-corrected chi connectivity index (χ3v) is 4.98. The van der Waals surface area contributed by atoms with Crippen molar-refractivity contribution in [2.75, 3.05) is 13.1 Å². The van der Waals surface area contributed by atoms with Gasteiger partial charge in [0.2, 0.25) is 0 Å². The standard InChI is InChI=1S/C15H28N2O2/c1-11-5-4-9-17(12(11)2)10-8-15(3,14(18)19)16-13-6-7-13/h11-13,16H,4-10H2,1-3H3,(H,18,19). The van der Waals surface area contributed by atoms with Crippen molar-refractivity contribution in [2.45, 2.75) is 70.5 Å². The third kappa shape index (κ3) is 3.69. The minimum atomic E-state index is -0.762. The maximum Gasteiger partial charge on any atom is 0.323 e. The average Bonchev–Trinajstić information content (AvgIpc) is 3.15. The number of hydrogen-bond donors (Lipinski definition) is 2. The molecule has 1 saturated carbocycles. The number of likely N-dealkylation sites (tertiary alicyclic amines) is 1. The van der Waals surface area contributed by atoms with Gasteiger partial charge in [-0.3, -0.25) is 10.1 Å². The molecule has 0 spiro atoms. The highest BCUT2D eigenvalue weighted by atomic mass is 16.4. The van der Waals surface area contributed by atoms with E-state index in [1.165, 1.54) is 12.8 Å². The molecule has 3 unspecified atom stereocenters. The molecule has 1 aliphatic carbocycles. The Balaban J connectivity index is 1.88. The number of nitrogens with zero attached hydrogens (tertiary/aromatic N) is 1. The Morgan fingerprint density at radius 1 is 1.37 bits per heavy atom. The van der Waals surface area contributed by atoms with Crippen LogP contribution in [0.4, 0.5) is 0 Å². The van der Waals surface area contributed by atoms with Crippen molar-refractivity contribution in [1.82, 2.24) is 10.2 Å². The summed E-state index contributed by atoms with van der Waals surface area (Å²) >= 11 is 0. The molecule has 0 aromatic heterocycles. The first kappa shape index (κ1) is 14.8. The van der Waals surface area contributed by atoms with Crippen LogP contribution in [0.2, 0.25) is 0 Å². The highest BCUT2D eigenvalue weighted by Gasteiger charge is 2.39. The molecule has 2 aliphatic rings. The Bertz CT molecular complexity index is 330. The summed E-state index contributed by atoms with van der Waals surface area (Å²) < 4.78 is 0. The fourth-order valence-electron chi connectivity index (χ4n) is 3.02. The molecule has 110 valence electrons. The Hall–Kier alpha value is -0.610. The van der Waals surface area contributed by atoms with Gasteiger partial charge in [-0.2, -0.15) is 0 Å². The molecule has 0 bridgehead atoms. The lowest BCUT2D eigenvalue weighted by Crippen LogP contribution is -2.53. The van der Waals surface area contributed by atoms with E-state index in [-0.39, 0.29) is 0 Å². The van der Waals surface area contributed by atoms with Gasteiger partial charge in [-0.05, 0) is 58.4 Å². The molecule has 19 heavy (non-hydrogen) atoms. The largest absolute Gasteiger partial charge is 0.480 e. The van der Waals surface area contributed by atoms with E-state index in [2.05, 4.69) is 24.1 Å². The van der Waals surface area contributed by atoms with Crippen LogP contribution in [0.15, 0.2) is 0 Å². The van der Waals surface area contributed by atoms with Crippen molar-refractivity contribution in [2.24, 2.45) is 5.92 Å². The summed E-state index contributed by atoms with van der Waals surface area (Å²) in [6, 6.07) is 1.01. The van der Waals surface area contributed by atoms with Crippen LogP contribution in [-0.2, 0) is 4.79 Å². The summed E-state index contributed by atoms with van der Waals surface area (Å²) in [5.41, 5.74) is -0.762. The Kier molecular flexibility index (Phi) is 4.51. The minimum absolute atomic E-state index is 0.429. The molecule has 0 aromatic carbocycles. The highest BCUT2D eigenvalue weighted by molar-refractivity contribution is 5.78. The van der Waals surface area contributed by atoms with Crippen LogP contribution in [0.1, 0.15) is 52.9 Å². The van der Waals surface area contributed by atoms with Gasteiger partial charge in [-0.1, -0.05) is 6.92 Å². The second-order valence-corrected chi connectivity index (χ2v) is 6.70. The SMILES string of the molecule is CC1CCCN(CCC(C)(NC2CC2)C(=O)O)C1C. The minimum Gasteiger partial charge on any atom is -0.480 e. The van der Waals surface area contributed by atoms with E-state index in [4.69, 9.17) is 0 Å². The molecule has 4 heteroatoms. The quantitative estimate of drug-likeness (QED) is 0.774. The van der Waals surface area contributed by atoms with Gasteiger partial charge in [-0.25, -0.2) is 0 Å². The first-order chi connectivity index (χ1) is 8.92. The lowest BCUT2D eigenvalue weighted by molar-refractivity contribution is -0.144. The van der Waals surface area contributed by atoms with Crippen LogP contribution < -0.4 is 5.32 Å². The van der Waals surface area contributed by atoms with Crippen molar-refractivity contribution in [1.29, 1.82) is 0 Å². The molecular weight excluding hydrogens is 240 g/mol. The fraction of sp³-hybridized carbons (Fsp3) is 0.933. The maximum absolute atomic E-state index is 11.5. The second kappa shape index (κ2) is 5.80. The van der Waals surface area contributed by atoms with Crippen LogP contribution in [0, 0.1) is 5.92 Å². The third-order valence-electron chi connectivity index (χ3n) is 4.98. The molecule has 2 fully saturated rings. The van der Waals surface area contributed by atoms with Gasteiger partial charge < -0.3 is 10.0 Å². The van der Waals surface area contributed by atoms with Gasteiger partial charge in [0.15, 0.2) is 0 Å². The Labute approximate surface area is 116 Å². The number of carboxylic acids is 1. The molecule has 1 saturated heterocycles. The smallest absolute Gasteiger partial charge is 0.323 e. The van der Waals surface area contributed by atoms with Gasteiger partial charge in [0.25, 0.3) is 0 Å². The maximum atomic E-state index is 11.5. The number of carboxylic acid groups (broad SMARTS) is 1. The number of aliphatic carboxylic acids is 1. The highest BCUT2D eigenvalue weighted by Crippen LogP contribution is 2.27. The van der Waals surface area contributed by atoms with Crippen LogP contribution in [-0.4, -0.2) is 46.7 Å². The molecule has 1 aliphatic heterocycles. The zero-order valence-corrected chi connectivity index (χ0v) is 12.5. The van der Waals surface area contributed by atoms with Crippen molar-refractivity contribution in [3.63, 3.8) is 0 Å². The zero-order chi connectivity index (χ0) is 14.0. The van der Waals surface area contributed by atoms with Gasteiger partial charge in [0.1, 0.15) is 5.54 Å². The predicted molar refractivity (Wildman–Crippen MR) is 76.2 cm³/mol.